The molecule has 0 aliphatic carbocycles. The van der Waals surface area contributed by atoms with Crippen molar-refractivity contribution in [2.45, 2.75) is 19.5 Å². The van der Waals surface area contributed by atoms with Crippen molar-refractivity contribution in [3.63, 3.8) is 0 Å². The maximum absolute atomic E-state index is 12.4. The van der Waals surface area contributed by atoms with E-state index < -0.39 is 12.0 Å². The minimum Gasteiger partial charge on any atom is -0.480 e. The summed E-state index contributed by atoms with van der Waals surface area (Å²) in [7, 11) is 0. The largest absolute Gasteiger partial charge is 0.480 e. The van der Waals surface area contributed by atoms with Crippen LogP contribution in [0.25, 0.3) is 6.08 Å². The van der Waals surface area contributed by atoms with Crippen LogP contribution in [0.15, 0.2) is 66.7 Å². The van der Waals surface area contributed by atoms with Gasteiger partial charge in [0.25, 0.3) is 0 Å². The Labute approximate surface area is 135 Å². The molecule has 0 aliphatic rings. The van der Waals surface area contributed by atoms with Crippen molar-refractivity contribution in [2.75, 3.05) is 0 Å². The molecule has 1 atom stereocenters. The fraction of sp³-hybridized carbons (Fsp3) is 0.158. The van der Waals surface area contributed by atoms with Gasteiger partial charge in [0, 0.05) is 12.6 Å². The highest BCUT2D eigenvalue weighted by molar-refractivity contribution is 5.94. The number of hydrogen-bond acceptors (Lipinski definition) is 2. The van der Waals surface area contributed by atoms with E-state index in [2.05, 4.69) is 0 Å². The van der Waals surface area contributed by atoms with Crippen LogP contribution >= 0.6 is 0 Å². The molecule has 0 heterocycles. The average Bonchev–Trinajstić information content (AvgIpc) is 2.58. The van der Waals surface area contributed by atoms with E-state index in [0.717, 1.165) is 11.1 Å². The minimum atomic E-state index is -1.03. The maximum atomic E-state index is 12.4. The first kappa shape index (κ1) is 16.5. The fourth-order valence-electron chi connectivity index (χ4n) is 2.15. The number of amides is 1. The summed E-state index contributed by atoms with van der Waals surface area (Å²) in [6, 6.07) is 17.9. The van der Waals surface area contributed by atoms with Crippen LogP contribution in [0.4, 0.5) is 0 Å². The lowest BCUT2D eigenvalue weighted by atomic mass is 10.1. The lowest BCUT2D eigenvalue weighted by molar-refractivity contribution is -0.148. The average molecular weight is 309 g/mol. The Hall–Kier alpha value is -2.88. The summed E-state index contributed by atoms with van der Waals surface area (Å²) in [5.74, 6) is -1.35. The Balaban J connectivity index is 2.17. The van der Waals surface area contributed by atoms with Gasteiger partial charge in [-0.25, -0.2) is 4.79 Å². The van der Waals surface area contributed by atoms with Gasteiger partial charge >= 0.3 is 5.97 Å². The lowest BCUT2D eigenvalue weighted by Crippen LogP contribution is -2.41. The lowest BCUT2D eigenvalue weighted by Gasteiger charge is -2.25. The van der Waals surface area contributed by atoms with Crippen molar-refractivity contribution >= 4 is 18.0 Å². The highest BCUT2D eigenvalue weighted by Crippen LogP contribution is 2.11. The van der Waals surface area contributed by atoms with Crippen molar-refractivity contribution < 1.29 is 14.7 Å². The molecule has 0 saturated heterocycles. The summed E-state index contributed by atoms with van der Waals surface area (Å²) in [5.41, 5.74) is 1.78. The van der Waals surface area contributed by atoms with Gasteiger partial charge < -0.3 is 10.0 Å². The topological polar surface area (TPSA) is 57.6 Å². The van der Waals surface area contributed by atoms with Crippen molar-refractivity contribution in [2.24, 2.45) is 0 Å². The third-order valence-corrected chi connectivity index (χ3v) is 3.52. The molecule has 1 N–H and O–H groups in total. The third-order valence-electron chi connectivity index (χ3n) is 3.52. The van der Waals surface area contributed by atoms with Gasteiger partial charge in [-0.1, -0.05) is 60.7 Å². The molecule has 2 aromatic rings. The summed E-state index contributed by atoms with van der Waals surface area (Å²) in [4.78, 5) is 25.1. The zero-order valence-corrected chi connectivity index (χ0v) is 12.9. The van der Waals surface area contributed by atoms with E-state index in [1.54, 1.807) is 6.08 Å². The van der Waals surface area contributed by atoms with Gasteiger partial charge in [0.2, 0.25) is 5.91 Å². The van der Waals surface area contributed by atoms with Gasteiger partial charge in [-0.3, -0.25) is 4.79 Å². The van der Waals surface area contributed by atoms with Crippen LogP contribution in [0.2, 0.25) is 0 Å². The van der Waals surface area contributed by atoms with Crippen LogP contribution in [-0.4, -0.2) is 27.9 Å². The number of nitrogens with zero attached hydrogens (tertiary/aromatic N) is 1. The monoisotopic (exact) mass is 309 g/mol. The van der Waals surface area contributed by atoms with Gasteiger partial charge in [0.15, 0.2) is 0 Å². The van der Waals surface area contributed by atoms with E-state index in [-0.39, 0.29) is 12.5 Å². The second-order valence-electron chi connectivity index (χ2n) is 5.21. The van der Waals surface area contributed by atoms with Crippen molar-refractivity contribution in [1.82, 2.24) is 4.90 Å². The molecule has 0 saturated carbocycles. The number of hydrogen-bond donors (Lipinski definition) is 1. The normalized spacial score (nSPS) is 12.0. The van der Waals surface area contributed by atoms with Gasteiger partial charge in [-0.05, 0) is 24.1 Å². The third kappa shape index (κ3) is 4.81. The van der Waals surface area contributed by atoms with Gasteiger partial charge in [0.1, 0.15) is 6.04 Å². The summed E-state index contributed by atoms with van der Waals surface area (Å²) in [6.45, 7) is 1.77. The first-order chi connectivity index (χ1) is 11.1. The minimum absolute atomic E-state index is 0.256. The Morgan fingerprint density at radius 1 is 1.04 bits per heavy atom. The molecule has 2 rings (SSSR count). The molecule has 4 heteroatoms. The molecule has 23 heavy (non-hydrogen) atoms. The number of carboxylic acid groups (broad SMARTS) is 1. The van der Waals surface area contributed by atoms with Crippen molar-refractivity contribution in [1.29, 1.82) is 0 Å². The van der Waals surface area contributed by atoms with Gasteiger partial charge in [0.05, 0.1) is 0 Å². The van der Waals surface area contributed by atoms with E-state index in [1.807, 2.05) is 60.7 Å². The van der Waals surface area contributed by atoms with Crippen molar-refractivity contribution in [3.05, 3.63) is 77.9 Å². The number of aliphatic carboxylic acids is 1. The molecule has 1 amide bonds. The number of rotatable bonds is 6. The first-order valence-electron chi connectivity index (χ1n) is 7.38. The second-order valence-corrected chi connectivity index (χ2v) is 5.21. The van der Waals surface area contributed by atoms with Crippen LogP contribution in [0.5, 0.6) is 0 Å². The Morgan fingerprint density at radius 2 is 1.61 bits per heavy atom. The SMILES string of the molecule is CC(C(=O)O)N(Cc1ccccc1)C(=O)/C=C/c1ccccc1. The zero-order valence-electron chi connectivity index (χ0n) is 12.9. The highest BCUT2D eigenvalue weighted by atomic mass is 16.4. The fourth-order valence-corrected chi connectivity index (χ4v) is 2.15. The molecule has 2 aromatic carbocycles. The maximum Gasteiger partial charge on any atom is 0.326 e. The number of carboxylic acids is 1. The van der Waals surface area contributed by atoms with Gasteiger partial charge in [-0.15, -0.1) is 0 Å². The molecule has 118 valence electrons. The molecule has 0 aliphatic heterocycles. The number of benzene rings is 2. The smallest absolute Gasteiger partial charge is 0.326 e. The second kappa shape index (κ2) is 7.94. The summed E-state index contributed by atoms with van der Waals surface area (Å²) in [6.07, 6.45) is 3.10. The molecule has 0 radical (unpaired) electrons. The summed E-state index contributed by atoms with van der Waals surface area (Å²) >= 11 is 0. The van der Waals surface area contributed by atoms with Crippen molar-refractivity contribution in [3.8, 4) is 0 Å². The zero-order chi connectivity index (χ0) is 16.7. The molecule has 0 aromatic heterocycles. The molecular formula is C19H19NO3. The quantitative estimate of drug-likeness (QED) is 0.834. The molecule has 4 nitrogen and oxygen atoms in total. The predicted octanol–water partition coefficient (Wildman–Crippen LogP) is 3.20. The van der Waals surface area contributed by atoms with Crippen LogP contribution in [0.3, 0.4) is 0 Å². The van der Waals surface area contributed by atoms with Crippen LogP contribution in [0, 0.1) is 0 Å². The number of carbonyl (C=O) groups is 2. The Bertz CT molecular complexity index is 680. The van der Waals surface area contributed by atoms with Crippen LogP contribution < -0.4 is 0 Å². The van der Waals surface area contributed by atoms with Crippen LogP contribution in [-0.2, 0) is 16.1 Å². The Kier molecular flexibility index (Phi) is 5.69. The molecule has 0 bridgehead atoms. The van der Waals surface area contributed by atoms with E-state index in [4.69, 9.17) is 0 Å². The Morgan fingerprint density at radius 3 is 2.17 bits per heavy atom. The summed E-state index contributed by atoms with van der Waals surface area (Å²) < 4.78 is 0. The van der Waals surface area contributed by atoms with E-state index in [9.17, 15) is 14.7 Å². The van der Waals surface area contributed by atoms with E-state index in [1.165, 1.54) is 17.9 Å². The molecular weight excluding hydrogens is 290 g/mol. The summed E-state index contributed by atoms with van der Waals surface area (Å²) in [5, 5.41) is 9.25. The first-order valence-corrected chi connectivity index (χ1v) is 7.38. The van der Waals surface area contributed by atoms with E-state index >= 15 is 0 Å². The molecule has 0 spiro atoms. The standard InChI is InChI=1S/C19H19NO3/c1-15(19(22)23)20(14-17-10-6-3-7-11-17)18(21)13-12-16-8-4-2-5-9-16/h2-13,15H,14H2,1H3,(H,22,23)/b13-12+. The highest BCUT2D eigenvalue weighted by Gasteiger charge is 2.24. The van der Waals surface area contributed by atoms with E-state index in [0.29, 0.717) is 0 Å². The van der Waals surface area contributed by atoms with Gasteiger partial charge in [-0.2, -0.15) is 0 Å². The predicted molar refractivity (Wildman–Crippen MR) is 89.6 cm³/mol. The van der Waals surface area contributed by atoms with Crippen LogP contribution in [0.1, 0.15) is 18.1 Å². The number of carbonyl (C=O) groups excluding carboxylic acids is 1. The molecule has 0 fully saturated rings. The molecule has 1 unspecified atom stereocenters.